The second-order valence-corrected chi connectivity index (χ2v) is 11.0. The molecule has 206 valence electrons. The van der Waals surface area contributed by atoms with Gasteiger partial charge in [-0.15, -0.1) is 11.3 Å². The number of hydrogen-bond donors (Lipinski definition) is 2. The lowest BCUT2D eigenvalue weighted by molar-refractivity contribution is 0.360. The number of aliphatic imine (C=N–C) groups is 1. The van der Waals surface area contributed by atoms with Crippen molar-refractivity contribution in [1.82, 2.24) is 24.6 Å². The Bertz CT molecular complexity index is 1830. The van der Waals surface area contributed by atoms with Crippen molar-refractivity contribution in [3.05, 3.63) is 108 Å². The topological polar surface area (TPSA) is 82.2 Å². The molecule has 4 heterocycles. The largest absolute Gasteiger partial charge is 0.379 e. The molecule has 1 aliphatic heterocycles. The van der Waals surface area contributed by atoms with E-state index in [0.29, 0.717) is 13.2 Å². The predicted octanol–water partition coefficient (Wildman–Crippen LogP) is 5.64. The third kappa shape index (κ3) is 5.68. The third-order valence-electron chi connectivity index (χ3n) is 6.88. The van der Waals surface area contributed by atoms with E-state index in [-0.39, 0.29) is 0 Å². The number of thiazole rings is 1. The van der Waals surface area contributed by atoms with Gasteiger partial charge in [-0.2, -0.15) is 0 Å². The molecule has 6 rings (SSSR count). The van der Waals surface area contributed by atoms with Gasteiger partial charge in [0, 0.05) is 36.8 Å². The Balaban J connectivity index is 1.63. The average Bonchev–Trinajstić information content (AvgIpc) is 3.35. The summed E-state index contributed by atoms with van der Waals surface area (Å²) in [5, 5.41) is 8.13. The number of aromatic nitrogens is 3. The molecule has 0 atom stereocenters. The van der Waals surface area contributed by atoms with Gasteiger partial charge < -0.3 is 10.6 Å². The highest BCUT2D eigenvalue weighted by Gasteiger charge is 2.21. The number of fused-ring (bicyclic) bond motifs is 5. The molecule has 41 heavy (non-hydrogen) atoms. The van der Waals surface area contributed by atoms with Gasteiger partial charge in [-0.1, -0.05) is 36.9 Å². The van der Waals surface area contributed by atoms with Crippen LogP contribution < -0.4 is 16.0 Å². The number of anilines is 1. The molecule has 0 radical (unpaired) electrons. The molecule has 0 saturated carbocycles. The summed E-state index contributed by atoms with van der Waals surface area (Å²) < 4.78 is 3.50. The number of aryl methyl sites for hydroxylation is 1. The van der Waals surface area contributed by atoms with Crippen LogP contribution in [0.5, 0.6) is 0 Å². The number of likely N-dealkylation sites (N-methyl/N-ethyl adjacent to an activating group) is 1. The van der Waals surface area contributed by atoms with E-state index in [1.165, 1.54) is 4.70 Å². The van der Waals surface area contributed by atoms with Crippen molar-refractivity contribution >= 4 is 55.9 Å². The van der Waals surface area contributed by atoms with Crippen LogP contribution in [0.25, 0.3) is 26.8 Å². The maximum absolute atomic E-state index is 5.25. The second kappa shape index (κ2) is 11.9. The standard InChI is InChI=1S/C32H32N8S/c1-22-18-37-25(19-35-22)20-36-23(2)29-30(38-24-10-5-4-6-11-24)26-12-9-15-33-21-39(3)17-16-34-31(26)40-27-13-7-8-14-28(27)41-32(29)40/h4-15,18-19,34,36H,2,16-17,20-21H2,1,3H3. The first kappa shape index (κ1) is 26.6. The zero-order valence-electron chi connectivity index (χ0n) is 23.2. The molecule has 1 aliphatic rings. The Kier molecular flexibility index (Phi) is 7.71. The van der Waals surface area contributed by atoms with Gasteiger partial charge in [0.2, 0.25) is 0 Å². The highest BCUT2D eigenvalue weighted by atomic mass is 32.1. The van der Waals surface area contributed by atoms with Crippen LogP contribution >= 0.6 is 11.3 Å². The van der Waals surface area contributed by atoms with Crippen LogP contribution in [0.1, 0.15) is 22.5 Å². The lowest BCUT2D eigenvalue weighted by Gasteiger charge is -2.20. The van der Waals surface area contributed by atoms with E-state index in [9.17, 15) is 0 Å². The average molecular weight is 561 g/mol. The zero-order valence-corrected chi connectivity index (χ0v) is 24.0. The molecule has 0 unspecified atom stereocenters. The summed E-state index contributed by atoms with van der Waals surface area (Å²) in [4.78, 5) is 22.0. The predicted molar refractivity (Wildman–Crippen MR) is 171 cm³/mol. The lowest BCUT2D eigenvalue weighted by Crippen LogP contribution is -2.28. The van der Waals surface area contributed by atoms with Gasteiger partial charge in [0.05, 0.1) is 57.6 Å². The molecular formula is C32H32N8S. The number of para-hydroxylation sites is 2. The van der Waals surface area contributed by atoms with Gasteiger partial charge in [0.15, 0.2) is 0 Å². The minimum Gasteiger partial charge on any atom is -0.379 e. The van der Waals surface area contributed by atoms with Crippen LogP contribution in [-0.4, -0.2) is 52.3 Å². The first-order valence-corrected chi connectivity index (χ1v) is 14.4. The Morgan fingerprint density at radius 3 is 2.76 bits per heavy atom. The maximum atomic E-state index is 5.25. The van der Waals surface area contributed by atoms with Crippen LogP contribution in [0.4, 0.5) is 11.5 Å². The fourth-order valence-corrected chi connectivity index (χ4v) is 6.03. The van der Waals surface area contributed by atoms with Gasteiger partial charge in [-0.3, -0.25) is 24.3 Å². The van der Waals surface area contributed by atoms with Crippen molar-refractivity contribution in [1.29, 1.82) is 0 Å². The molecular weight excluding hydrogens is 528 g/mol. The number of nitrogens with one attached hydrogen (secondary N) is 2. The Labute approximate surface area is 243 Å². The molecule has 9 heteroatoms. The quantitative estimate of drug-likeness (QED) is 0.291. The zero-order chi connectivity index (χ0) is 28.2. The van der Waals surface area contributed by atoms with Crippen molar-refractivity contribution in [2.75, 3.05) is 32.1 Å². The van der Waals surface area contributed by atoms with E-state index in [1.54, 1.807) is 23.7 Å². The normalized spacial score (nSPS) is 14.5. The summed E-state index contributed by atoms with van der Waals surface area (Å²) in [5.74, 6) is 0.994. The smallest absolute Gasteiger partial charge is 0.121 e. The lowest BCUT2D eigenvalue weighted by atomic mass is 10.1. The van der Waals surface area contributed by atoms with Crippen LogP contribution in [0.15, 0.2) is 89.6 Å². The van der Waals surface area contributed by atoms with Crippen molar-refractivity contribution in [2.24, 2.45) is 9.98 Å². The minimum atomic E-state index is 0.498. The molecule has 2 aromatic carbocycles. The van der Waals surface area contributed by atoms with E-state index >= 15 is 0 Å². The summed E-state index contributed by atoms with van der Waals surface area (Å²) in [5.41, 5.74) is 6.42. The summed E-state index contributed by atoms with van der Waals surface area (Å²) in [7, 11) is 2.08. The van der Waals surface area contributed by atoms with E-state index in [4.69, 9.17) is 4.99 Å². The van der Waals surface area contributed by atoms with Gasteiger partial charge in [0.1, 0.15) is 10.6 Å². The van der Waals surface area contributed by atoms with E-state index in [1.807, 2.05) is 49.5 Å². The molecule has 0 aliphatic carbocycles. The first-order chi connectivity index (χ1) is 20.1. The van der Waals surface area contributed by atoms with Crippen LogP contribution in [-0.2, 0) is 6.54 Å². The summed E-state index contributed by atoms with van der Waals surface area (Å²) in [6.45, 7) is 9.20. The molecule has 0 bridgehead atoms. The molecule has 8 nitrogen and oxygen atoms in total. The molecule has 5 aromatic rings. The highest BCUT2D eigenvalue weighted by molar-refractivity contribution is 7.24. The molecule has 0 saturated heterocycles. The molecule has 0 fully saturated rings. The molecule has 2 N–H and O–H groups in total. The fraction of sp³-hybridized carbons (Fsp3) is 0.188. The number of benzene rings is 2. The number of nitrogens with zero attached hydrogens (tertiary/aromatic N) is 6. The van der Waals surface area contributed by atoms with Crippen molar-refractivity contribution in [3.63, 3.8) is 0 Å². The Hall–Kier alpha value is -4.60. The highest BCUT2D eigenvalue weighted by Crippen LogP contribution is 2.34. The second-order valence-electron chi connectivity index (χ2n) is 9.96. The maximum Gasteiger partial charge on any atom is 0.121 e. The van der Waals surface area contributed by atoms with Crippen LogP contribution in [0.2, 0.25) is 0 Å². The molecule has 3 aromatic heterocycles. The van der Waals surface area contributed by atoms with Crippen LogP contribution in [0.3, 0.4) is 0 Å². The monoisotopic (exact) mass is 560 g/mol. The number of pyridine rings is 1. The Morgan fingerprint density at radius 1 is 1.10 bits per heavy atom. The van der Waals surface area contributed by atoms with Crippen molar-refractivity contribution in [3.8, 4) is 0 Å². The molecule has 0 spiro atoms. The van der Waals surface area contributed by atoms with E-state index < -0.39 is 0 Å². The third-order valence-corrected chi connectivity index (χ3v) is 8.03. The van der Waals surface area contributed by atoms with Gasteiger partial charge in [-0.25, -0.2) is 4.99 Å². The van der Waals surface area contributed by atoms with Crippen molar-refractivity contribution < 1.29 is 0 Å². The van der Waals surface area contributed by atoms with Gasteiger partial charge in [0.25, 0.3) is 0 Å². The van der Waals surface area contributed by atoms with Crippen LogP contribution in [0, 0.1) is 6.92 Å². The minimum absolute atomic E-state index is 0.498. The summed E-state index contributed by atoms with van der Waals surface area (Å²) >= 11 is 1.74. The Morgan fingerprint density at radius 2 is 1.93 bits per heavy atom. The number of hydrogen-bond acceptors (Lipinski definition) is 8. The van der Waals surface area contributed by atoms with Gasteiger partial charge >= 0.3 is 0 Å². The summed E-state index contributed by atoms with van der Waals surface area (Å²) in [6.07, 6.45) is 9.53. The van der Waals surface area contributed by atoms with E-state index in [2.05, 4.69) is 78.9 Å². The van der Waals surface area contributed by atoms with Gasteiger partial charge in [-0.05, 0) is 50.4 Å². The molecule has 0 amide bonds. The fourth-order valence-electron chi connectivity index (χ4n) is 4.81. The van der Waals surface area contributed by atoms with Crippen molar-refractivity contribution in [2.45, 2.75) is 13.5 Å². The van der Waals surface area contributed by atoms with E-state index in [0.717, 1.165) is 68.5 Å². The first-order valence-electron chi connectivity index (χ1n) is 13.6. The summed E-state index contributed by atoms with van der Waals surface area (Å²) in [6, 6.07) is 18.6. The number of allylic oxidation sites excluding steroid dienone is 1. The SMILES string of the molecule is C=C(NCc1cnc(C)cn1)c1c(=Nc2ccccc2)c2c(n3c1sc1ccccc13)NCCN(C)CN=CC=C2. The number of rotatable bonds is 5.